The normalized spacial score (nSPS) is 11.2. The van der Waals surface area contributed by atoms with Crippen LogP contribution in [0.5, 0.6) is 0 Å². The Labute approximate surface area is 484 Å². The van der Waals surface area contributed by atoms with Crippen LogP contribution < -0.4 is 104 Å². The third kappa shape index (κ3) is 16.4. The second-order valence-electron chi connectivity index (χ2n) is 15.1. The van der Waals surface area contributed by atoms with Gasteiger partial charge in [-0.15, -0.1) is 0 Å². The van der Waals surface area contributed by atoms with Crippen LogP contribution in [0.15, 0.2) is 103 Å². The van der Waals surface area contributed by atoms with Gasteiger partial charge in [0.05, 0.1) is 53.7 Å². The Bertz CT molecular complexity index is 3590. The Morgan fingerprint density at radius 1 is 0.457 bits per heavy atom. The van der Waals surface area contributed by atoms with Gasteiger partial charge in [0.2, 0.25) is 0 Å². The summed E-state index contributed by atoms with van der Waals surface area (Å²) >= 11 is 0. The second-order valence-corrected chi connectivity index (χ2v) is 19.4. The molecule has 3 aromatic heterocycles. The van der Waals surface area contributed by atoms with Crippen molar-refractivity contribution in [1.29, 1.82) is 0 Å². The second kappa shape index (κ2) is 26.2. The topological polar surface area (TPSA) is 289 Å². The number of aromatic nitrogens is 8. The molecule has 18 nitrogen and oxygen atoms in total. The molecule has 0 aliphatic carbocycles. The molecule has 0 spiro atoms. The van der Waals surface area contributed by atoms with Gasteiger partial charge in [0.25, 0.3) is 0 Å². The number of rotatable bonds is 6. The molecule has 0 radical (unpaired) electrons. The number of hydrogen-bond donors (Lipinski definition) is 1. The van der Waals surface area contributed by atoms with Crippen LogP contribution in [0.2, 0.25) is 0 Å². The van der Waals surface area contributed by atoms with E-state index in [1.165, 1.54) is 19.3 Å². The van der Waals surface area contributed by atoms with Gasteiger partial charge in [-0.05, 0) is 51.6 Å². The molecule has 0 amide bonds. The zero-order chi connectivity index (χ0) is 47.4. The molecular weight excluding hydrogens is 1040 g/mol. The molecule has 0 unspecified atom stereocenters. The minimum Gasteiger partial charge on any atom is -0.748 e. The Hall–Kier alpha value is -3.13. The van der Waals surface area contributed by atoms with E-state index in [1.54, 1.807) is 0 Å². The standard InChI is InChI=1S/C42H31N9.3CH4O3S.3Na.Zn/c1-2-3-4-11-21-43-34-20-12-13-24-22-32-33(23-31(24)34)42-50-40-30-19-10-8-17-28(30)38(48-40)46-36-26-15-6-5-14-25(26)35(44-36)45-37-27-16-7-9-18-29(27)39(47-37)49-41(32)51-42;3*1-5(2,3)4;;;;/h5-10,12-20,22-23,43H,2-4,11,21H2,1H3;3*1H3,(H,2,3,4);;;;/q-2;;;;3*+1;+2/p-3. The van der Waals surface area contributed by atoms with Crippen LogP contribution >= 0.6 is 0 Å². The number of anilines is 1. The van der Waals surface area contributed by atoms with E-state index in [4.69, 9.17) is 78.8 Å². The summed E-state index contributed by atoms with van der Waals surface area (Å²) in [5, 5.41) is 9.47. The van der Waals surface area contributed by atoms with E-state index >= 15 is 0 Å². The van der Waals surface area contributed by atoms with Crippen molar-refractivity contribution >= 4 is 90.9 Å². The number of nitrogens with one attached hydrogen (secondary N) is 1. The zero-order valence-electron chi connectivity index (χ0n) is 39.5. The maximum Gasteiger partial charge on any atom is 2.00 e. The molecule has 5 aromatic carbocycles. The first-order chi connectivity index (χ1) is 31.2. The van der Waals surface area contributed by atoms with Crippen LogP contribution in [-0.2, 0) is 49.8 Å². The minimum absolute atomic E-state index is 0. The largest absolute Gasteiger partial charge is 2.00 e. The molecule has 2 aliphatic rings. The van der Waals surface area contributed by atoms with E-state index in [9.17, 15) is 0 Å². The third-order valence-corrected chi connectivity index (χ3v) is 9.77. The number of fused-ring (bicyclic) bond motifs is 21. The Balaban J connectivity index is 0.000000602. The maximum atomic E-state index is 9.08. The van der Waals surface area contributed by atoms with Crippen LogP contribution in [0.1, 0.15) is 32.6 Å². The molecule has 0 atom stereocenters. The van der Waals surface area contributed by atoms with Gasteiger partial charge >= 0.3 is 108 Å². The molecule has 0 saturated carbocycles. The van der Waals surface area contributed by atoms with E-state index < -0.39 is 30.4 Å². The van der Waals surface area contributed by atoms with Gasteiger partial charge in [0, 0.05) is 81.2 Å². The van der Waals surface area contributed by atoms with Crippen LogP contribution in [-0.4, -0.2) is 94.1 Å². The summed E-state index contributed by atoms with van der Waals surface area (Å²) in [5.74, 6) is 2.19. The van der Waals surface area contributed by atoms with Gasteiger partial charge in [-0.1, -0.05) is 111 Å². The van der Waals surface area contributed by atoms with E-state index in [0.717, 1.165) is 73.2 Å². The minimum atomic E-state index is -3.92. The predicted molar refractivity (Wildman–Crippen MR) is 251 cm³/mol. The summed E-state index contributed by atoms with van der Waals surface area (Å²) < 4.78 is 81.7. The van der Waals surface area contributed by atoms with Crippen molar-refractivity contribution in [2.45, 2.75) is 32.6 Å². The van der Waals surface area contributed by atoms with Crippen molar-refractivity contribution in [3.63, 3.8) is 0 Å². The molecule has 70 heavy (non-hydrogen) atoms. The molecule has 10 rings (SSSR count). The van der Waals surface area contributed by atoms with Crippen molar-refractivity contribution < 1.29 is 147 Å². The van der Waals surface area contributed by atoms with Crippen LogP contribution in [0, 0.1) is 0 Å². The third-order valence-electron chi connectivity index (χ3n) is 9.77. The molecule has 1 N–H and O–H groups in total. The Morgan fingerprint density at radius 3 is 1.20 bits per heavy atom. The molecule has 0 fully saturated rings. The van der Waals surface area contributed by atoms with E-state index in [0.29, 0.717) is 64.7 Å². The van der Waals surface area contributed by atoms with Crippen molar-refractivity contribution in [1.82, 2.24) is 39.9 Å². The van der Waals surface area contributed by atoms with Gasteiger partial charge in [-0.25, -0.2) is 35.2 Å². The van der Waals surface area contributed by atoms with E-state index in [-0.39, 0.29) is 108 Å². The first-order valence-electron chi connectivity index (χ1n) is 20.2. The van der Waals surface area contributed by atoms with Crippen LogP contribution in [0.4, 0.5) is 5.69 Å². The van der Waals surface area contributed by atoms with Gasteiger partial charge in [0.1, 0.15) is 0 Å². The summed E-state index contributed by atoms with van der Waals surface area (Å²) in [6, 6.07) is 34.8. The fourth-order valence-corrected chi connectivity index (χ4v) is 7.21. The van der Waals surface area contributed by atoms with Crippen LogP contribution in [0.25, 0.3) is 100 Å². The summed E-state index contributed by atoms with van der Waals surface area (Å²) in [6.07, 6.45) is 6.62. The van der Waals surface area contributed by atoms with Gasteiger partial charge < -0.3 is 48.9 Å². The fraction of sp³-hybridized carbons (Fsp3) is 0.200. The zero-order valence-corrected chi connectivity index (χ0v) is 51.0. The van der Waals surface area contributed by atoms with Gasteiger partial charge in [-0.2, -0.15) is 0 Å². The molecule has 2 aliphatic heterocycles. The number of unbranched alkanes of at least 4 members (excludes halogenated alkanes) is 3. The Kier molecular flexibility index (Phi) is 22.9. The quantitative estimate of drug-likeness (QED) is 0.105. The summed E-state index contributed by atoms with van der Waals surface area (Å²) in [7, 11) is -11.8. The maximum absolute atomic E-state index is 9.08. The molecular formula is C45H40N9Na3O9S3Zn. The molecule has 342 valence electrons. The number of nitrogens with zero attached hydrogens (tertiary/aromatic N) is 8. The molecule has 25 heteroatoms. The van der Waals surface area contributed by atoms with E-state index in [1.807, 2.05) is 72.8 Å². The van der Waals surface area contributed by atoms with E-state index in [2.05, 4.69) is 42.6 Å². The van der Waals surface area contributed by atoms with Crippen molar-refractivity contribution in [3.05, 3.63) is 103 Å². The molecule has 8 bridgehead atoms. The summed E-state index contributed by atoms with van der Waals surface area (Å²) in [5.41, 5.74) is 6.84. The van der Waals surface area contributed by atoms with Crippen LogP contribution in [0.3, 0.4) is 0 Å². The van der Waals surface area contributed by atoms with Crippen molar-refractivity contribution in [2.75, 3.05) is 30.6 Å². The van der Waals surface area contributed by atoms with Gasteiger partial charge in [0.15, 0.2) is 0 Å². The molecule has 0 saturated heterocycles. The number of benzene rings is 5. The monoisotopic (exact) mass is 1080 g/mol. The average Bonchev–Trinajstić information content (AvgIpc) is 3.97. The van der Waals surface area contributed by atoms with Crippen molar-refractivity contribution in [2.24, 2.45) is 0 Å². The van der Waals surface area contributed by atoms with Crippen molar-refractivity contribution in [3.8, 4) is 45.6 Å². The number of hydrogen-bond acceptors (Lipinski definition) is 16. The summed E-state index contributed by atoms with van der Waals surface area (Å²) in [4.78, 5) is 40.4. The van der Waals surface area contributed by atoms with Gasteiger partial charge in [-0.3, -0.25) is 0 Å². The Morgan fingerprint density at radius 2 is 0.814 bits per heavy atom. The fourth-order valence-electron chi connectivity index (χ4n) is 7.21. The predicted octanol–water partition coefficient (Wildman–Crippen LogP) is -2.23. The average molecular weight is 1080 g/mol. The SMILES string of the molecule is CCCCCCNc1cccc2cc3c4nc5nc(nc6[n-]c(nc7nc(nc([n-]4)c3cc12)-c1ccccc1-7)c1ccccc61)-c1ccccc1-5.CS(=O)(=O)[O-].CS(=O)(=O)[O-].CS(=O)(=O)[O-].[Na+].[Na+].[Na+].[Zn+2]. The summed E-state index contributed by atoms with van der Waals surface area (Å²) in [6.45, 7) is 3.16. The smallest absolute Gasteiger partial charge is 0.748 e. The first-order valence-corrected chi connectivity index (χ1v) is 25.7. The first kappa shape index (κ1) is 61.2. The molecule has 8 aromatic rings. The molecule has 5 heterocycles.